The zero-order valence-electron chi connectivity index (χ0n) is 9.93. The summed E-state index contributed by atoms with van der Waals surface area (Å²) in [7, 11) is 0. The molecule has 2 rings (SSSR count). The molecular weight excluding hydrogens is 218 g/mol. The molecule has 1 aromatic heterocycles. The van der Waals surface area contributed by atoms with Crippen LogP contribution in [0, 0.1) is 0 Å². The highest BCUT2D eigenvalue weighted by atomic mass is 16.5. The van der Waals surface area contributed by atoms with Crippen LogP contribution < -0.4 is 10.6 Å². The first-order chi connectivity index (χ1) is 8.22. The van der Waals surface area contributed by atoms with Gasteiger partial charge in [-0.15, -0.1) is 0 Å². The van der Waals surface area contributed by atoms with Crippen molar-refractivity contribution in [3.05, 3.63) is 18.5 Å². The van der Waals surface area contributed by atoms with Crippen LogP contribution in [0.25, 0.3) is 0 Å². The molecule has 17 heavy (non-hydrogen) atoms. The Morgan fingerprint density at radius 3 is 3.00 bits per heavy atom. The minimum atomic E-state index is -0.212. The number of rotatable bonds is 5. The second-order valence-electron chi connectivity index (χ2n) is 4.10. The van der Waals surface area contributed by atoms with Crippen molar-refractivity contribution in [2.24, 2.45) is 0 Å². The quantitative estimate of drug-likeness (QED) is 0.776. The fourth-order valence-corrected chi connectivity index (χ4v) is 1.80. The third kappa shape index (κ3) is 2.87. The molecule has 1 heterocycles. The van der Waals surface area contributed by atoms with Crippen molar-refractivity contribution < 1.29 is 9.53 Å². The molecule has 1 fully saturated rings. The third-order valence-electron chi connectivity index (χ3n) is 2.73. The van der Waals surface area contributed by atoms with Crippen molar-refractivity contribution in [1.29, 1.82) is 0 Å². The molecule has 1 aliphatic rings. The van der Waals surface area contributed by atoms with E-state index in [0.29, 0.717) is 18.3 Å². The molecule has 92 valence electrons. The van der Waals surface area contributed by atoms with Crippen LogP contribution in [0.4, 0.5) is 11.4 Å². The fourth-order valence-electron chi connectivity index (χ4n) is 1.80. The first-order valence-electron chi connectivity index (χ1n) is 5.84. The number of nitrogens with two attached hydrogens (primary N) is 1. The highest BCUT2D eigenvalue weighted by Gasteiger charge is 2.31. The van der Waals surface area contributed by atoms with Gasteiger partial charge in [0.2, 0.25) is 0 Å². The van der Waals surface area contributed by atoms with E-state index < -0.39 is 0 Å². The average Bonchev–Trinajstić information content (AvgIpc) is 3.11. The molecule has 0 saturated heterocycles. The molecule has 0 unspecified atom stereocenters. The van der Waals surface area contributed by atoms with Crippen LogP contribution in [0.5, 0.6) is 0 Å². The Labute approximate surface area is 101 Å². The number of esters is 1. The van der Waals surface area contributed by atoms with Crippen LogP contribution in [-0.2, 0) is 9.53 Å². The number of carbonyl (C=O) groups is 1. The molecule has 1 saturated carbocycles. The van der Waals surface area contributed by atoms with Crippen LogP contribution >= 0.6 is 0 Å². The summed E-state index contributed by atoms with van der Waals surface area (Å²) in [5, 5.41) is 0. The van der Waals surface area contributed by atoms with Crippen molar-refractivity contribution in [3.8, 4) is 0 Å². The maximum absolute atomic E-state index is 11.5. The minimum absolute atomic E-state index is 0.212. The number of pyridine rings is 1. The number of hydrogen-bond donors (Lipinski definition) is 1. The van der Waals surface area contributed by atoms with Gasteiger partial charge in [0.1, 0.15) is 6.54 Å². The second-order valence-corrected chi connectivity index (χ2v) is 4.10. The zero-order chi connectivity index (χ0) is 12.3. The molecule has 0 aliphatic heterocycles. The molecule has 0 bridgehead atoms. The molecular formula is C12H17N3O2. The lowest BCUT2D eigenvalue weighted by molar-refractivity contribution is -0.141. The summed E-state index contributed by atoms with van der Waals surface area (Å²) in [5.41, 5.74) is 7.35. The predicted octanol–water partition coefficient (Wildman–Crippen LogP) is 1.20. The highest BCUT2D eigenvalue weighted by Crippen LogP contribution is 2.33. The van der Waals surface area contributed by atoms with Crippen LogP contribution in [-0.4, -0.2) is 30.1 Å². The molecule has 5 heteroatoms. The van der Waals surface area contributed by atoms with Crippen molar-refractivity contribution in [2.75, 3.05) is 23.8 Å². The number of aromatic nitrogens is 1. The van der Waals surface area contributed by atoms with Crippen LogP contribution in [0.15, 0.2) is 18.5 Å². The predicted molar refractivity (Wildman–Crippen MR) is 65.7 cm³/mol. The lowest BCUT2D eigenvalue weighted by atomic mass is 10.3. The molecule has 2 N–H and O–H groups in total. The van der Waals surface area contributed by atoms with Gasteiger partial charge in [-0.25, -0.2) is 0 Å². The topological polar surface area (TPSA) is 68.5 Å². The van der Waals surface area contributed by atoms with Gasteiger partial charge in [-0.2, -0.15) is 0 Å². The van der Waals surface area contributed by atoms with Gasteiger partial charge >= 0.3 is 5.97 Å². The molecule has 0 aromatic carbocycles. The summed E-state index contributed by atoms with van der Waals surface area (Å²) in [4.78, 5) is 17.5. The molecule has 5 nitrogen and oxygen atoms in total. The van der Waals surface area contributed by atoms with Crippen molar-refractivity contribution in [2.45, 2.75) is 25.8 Å². The summed E-state index contributed by atoms with van der Waals surface area (Å²) in [6.07, 6.45) is 5.49. The Morgan fingerprint density at radius 2 is 2.41 bits per heavy atom. The van der Waals surface area contributed by atoms with E-state index in [-0.39, 0.29) is 12.5 Å². The average molecular weight is 235 g/mol. The molecule has 1 aromatic rings. The van der Waals surface area contributed by atoms with Gasteiger partial charge in [-0.1, -0.05) is 0 Å². The van der Waals surface area contributed by atoms with Crippen molar-refractivity contribution >= 4 is 17.3 Å². The van der Waals surface area contributed by atoms with Gasteiger partial charge in [0.15, 0.2) is 0 Å². The van der Waals surface area contributed by atoms with Gasteiger partial charge in [0.05, 0.1) is 24.2 Å². The SMILES string of the molecule is CCOC(=O)CN(c1ccncc1N)C1CC1. The van der Waals surface area contributed by atoms with Crippen molar-refractivity contribution in [1.82, 2.24) is 4.98 Å². The monoisotopic (exact) mass is 235 g/mol. The zero-order valence-corrected chi connectivity index (χ0v) is 9.93. The largest absolute Gasteiger partial charge is 0.465 e. The summed E-state index contributed by atoms with van der Waals surface area (Å²) in [6.45, 7) is 2.47. The van der Waals surface area contributed by atoms with Gasteiger partial charge in [-0.3, -0.25) is 9.78 Å². The molecule has 0 atom stereocenters. The molecule has 0 radical (unpaired) electrons. The molecule has 1 aliphatic carbocycles. The Hall–Kier alpha value is -1.78. The van der Waals surface area contributed by atoms with E-state index >= 15 is 0 Å². The maximum atomic E-state index is 11.5. The number of hydrogen-bond acceptors (Lipinski definition) is 5. The lowest BCUT2D eigenvalue weighted by Gasteiger charge is -2.24. The number of ether oxygens (including phenoxy) is 1. The normalized spacial score (nSPS) is 14.4. The standard InChI is InChI=1S/C12H17N3O2/c1-2-17-12(16)8-15(9-3-4-9)11-5-6-14-7-10(11)13/h5-7,9H,2-4,8,13H2,1H3. The van der Waals surface area contributed by atoms with E-state index in [1.54, 1.807) is 19.3 Å². The van der Waals surface area contributed by atoms with Crippen LogP contribution in [0.2, 0.25) is 0 Å². The van der Waals surface area contributed by atoms with Gasteiger partial charge in [-0.05, 0) is 25.8 Å². The smallest absolute Gasteiger partial charge is 0.325 e. The van der Waals surface area contributed by atoms with Gasteiger partial charge < -0.3 is 15.4 Å². The Morgan fingerprint density at radius 1 is 1.65 bits per heavy atom. The van der Waals surface area contributed by atoms with Gasteiger partial charge in [0, 0.05) is 12.2 Å². The maximum Gasteiger partial charge on any atom is 0.325 e. The van der Waals surface area contributed by atoms with Crippen molar-refractivity contribution in [3.63, 3.8) is 0 Å². The second kappa shape index (κ2) is 5.03. The summed E-state index contributed by atoms with van der Waals surface area (Å²) in [5.74, 6) is -0.212. The third-order valence-corrected chi connectivity index (χ3v) is 2.73. The molecule has 0 amide bonds. The van der Waals surface area contributed by atoms with Crippen LogP contribution in [0.1, 0.15) is 19.8 Å². The Bertz CT molecular complexity index is 404. The Balaban J connectivity index is 2.12. The van der Waals surface area contributed by atoms with Crippen LogP contribution in [0.3, 0.4) is 0 Å². The van der Waals surface area contributed by atoms with E-state index in [1.165, 1.54) is 0 Å². The summed E-state index contributed by atoms with van der Waals surface area (Å²) in [6, 6.07) is 2.25. The van der Waals surface area contributed by atoms with E-state index in [0.717, 1.165) is 18.5 Å². The number of carbonyl (C=O) groups excluding carboxylic acids is 1. The number of anilines is 2. The van der Waals surface area contributed by atoms with Gasteiger partial charge in [0.25, 0.3) is 0 Å². The van der Waals surface area contributed by atoms with E-state index in [1.807, 2.05) is 11.0 Å². The highest BCUT2D eigenvalue weighted by molar-refractivity contribution is 5.79. The summed E-state index contributed by atoms with van der Waals surface area (Å²) < 4.78 is 4.97. The number of nitrogen functional groups attached to an aromatic ring is 1. The lowest BCUT2D eigenvalue weighted by Crippen LogP contribution is -2.33. The Kier molecular flexibility index (Phi) is 3.46. The van der Waals surface area contributed by atoms with E-state index in [4.69, 9.17) is 10.5 Å². The minimum Gasteiger partial charge on any atom is -0.465 e. The summed E-state index contributed by atoms with van der Waals surface area (Å²) >= 11 is 0. The first-order valence-corrected chi connectivity index (χ1v) is 5.84. The fraction of sp³-hybridized carbons (Fsp3) is 0.500. The van der Waals surface area contributed by atoms with E-state index in [2.05, 4.69) is 4.98 Å². The number of nitrogens with zero attached hydrogens (tertiary/aromatic N) is 2. The molecule has 0 spiro atoms. The van der Waals surface area contributed by atoms with E-state index in [9.17, 15) is 4.79 Å². The first kappa shape index (κ1) is 11.7.